The lowest BCUT2D eigenvalue weighted by Gasteiger charge is -2.10. The number of carbonyl (C=O) groups excluding carboxylic acids is 1. The molecule has 0 aliphatic heterocycles. The number of isocyanates is 1. The van der Waals surface area contributed by atoms with Gasteiger partial charge in [-0.1, -0.05) is 6.07 Å². The first-order chi connectivity index (χ1) is 8.23. The Morgan fingerprint density at radius 3 is 2.71 bits per heavy atom. The van der Waals surface area contributed by atoms with E-state index in [9.17, 15) is 9.18 Å². The van der Waals surface area contributed by atoms with Crippen LogP contribution in [-0.2, 0) is 10.3 Å². The molecule has 2 aliphatic carbocycles. The Labute approximate surface area is 103 Å². The van der Waals surface area contributed by atoms with Crippen LogP contribution in [0, 0.1) is 5.82 Å². The number of thioether (sulfide) groups is 1. The molecule has 17 heavy (non-hydrogen) atoms. The van der Waals surface area contributed by atoms with E-state index in [1.54, 1.807) is 17.8 Å². The Hall–Kier alpha value is -1.12. The second-order valence-corrected chi connectivity index (χ2v) is 6.04. The van der Waals surface area contributed by atoms with Gasteiger partial charge in [-0.2, -0.15) is 4.99 Å². The summed E-state index contributed by atoms with van der Waals surface area (Å²) in [5, 5.41) is 0.596. The lowest BCUT2D eigenvalue weighted by molar-refractivity contribution is 0.554. The molecular weight excluding hydrogens is 237 g/mol. The minimum Gasteiger partial charge on any atom is -0.211 e. The molecule has 88 valence electrons. The third-order valence-electron chi connectivity index (χ3n) is 3.27. The van der Waals surface area contributed by atoms with Crippen molar-refractivity contribution >= 4 is 17.8 Å². The number of nitrogens with zero attached hydrogens (tertiary/aromatic N) is 1. The van der Waals surface area contributed by atoms with Crippen LogP contribution in [0.15, 0.2) is 28.1 Å². The molecule has 1 aromatic rings. The molecule has 0 unspecified atom stereocenters. The fourth-order valence-electron chi connectivity index (χ4n) is 1.92. The van der Waals surface area contributed by atoms with Crippen LogP contribution in [0.3, 0.4) is 0 Å². The van der Waals surface area contributed by atoms with Crippen LogP contribution in [-0.4, -0.2) is 11.3 Å². The molecule has 0 spiro atoms. The lowest BCUT2D eigenvalue weighted by atomic mass is 10.1. The highest BCUT2D eigenvalue weighted by molar-refractivity contribution is 8.00. The molecule has 0 N–H and O–H groups in total. The van der Waals surface area contributed by atoms with E-state index in [0.29, 0.717) is 10.1 Å². The first-order valence-electron chi connectivity index (χ1n) is 5.79. The van der Waals surface area contributed by atoms with Crippen molar-refractivity contribution < 1.29 is 9.18 Å². The summed E-state index contributed by atoms with van der Waals surface area (Å²) in [6.45, 7) is 0. The molecule has 0 heterocycles. The zero-order valence-electron chi connectivity index (χ0n) is 9.28. The van der Waals surface area contributed by atoms with Gasteiger partial charge in [0.15, 0.2) is 0 Å². The van der Waals surface area contributed by atoms with Gasteiger partial charge in [-0.25, -0.2) is 9.18 Å². The fraction of sp³-hybridized carbons (Fsp3) is 0.462. The maximum atomic E-state index is 13.9. The molecule has 2 saturated carbocycles. The molecule has 0 amide bonds. The minimum atomic E-state index is -0.467. The number of halogens is 1. The second-order valence-electron chi connectivity index (χ2n) is 4.70. The van der Waals surface area contributed by atoms with Crippen LogP contribution in [0.5, 0.6) is 0 Å². The van der Waals surface area contributed by atoms with Crippen molar-refractivity contribution in [1.82, 2.24) is 0 Å². The van der Waals surface area contributed by atoms with Crippen molar-refractivity contribution in [2.45, 2.75) is 41.4 Å². The van der Waals surface area contributed by atoms with E-state index >= 15 is 0 Å². The Kier molecular flexibility index (Phi) is 2.57. The highest BCUT2D eigenvalue weighted by atomic mass is 32.2. The van der Waals surface area contributed by atoms with Gasteiger partial charge in [-0.15, -0.1) is 11.8 Å². The van der Waals surface area contributed by atoms with Crippen LogP contribution < -0.4 is 0 Å². The number of benzene rings is 1. The molecule has 2 fully saturated rings. The van der Waals surface area contributed by atoms with Crippen molar-refractivity contribution in [2.75, 3.05) is 0 Å². The zero-order chi connectivity index (χ0) is 11.9. The highest BCUT2D eigenvalue weighted by Crippen LogP contribution is 2.50. The van der Waals surface area contributed by atoms with Crippen LogP contribution in [0.2, 0.25) is 0 Å². The summed E-state index contributed by atoms with van der Waals surface area (Å²) in [7, 11) is 0. The smallest absolute Gasteiger partial charge is 0.211 e. The van der Waals surface area contributed by atoms with Gasteiger partial charge in [0.2, 0.25) is 6.08 Å². The summed E-state index contributed by atoms with van der Waals surface area (Å²) < 4.78 is 13.9. The maximum absolute atomic E-state index is 13.9. The predicted octanol–water partition coefficient (Wildman–Crippen LogP) is 3.41. The molecule has 0 saturated heterocycles. The van der Waals surface area contributed by atoms with Crippen molar-refractivity contribution in [3.05, 3.63) is 29.6 Å². The molecule has 2 aliphatic rings. The van der Waals surface area contributed by atoms with E-state index in [4.69, 9.17) is 0 Å². The van der Waals surface area contributed by atoms with Gasteiger partial charge in [0.1, 0.15) is 5.82 Å². The molecule has 4 heteroatoms. The van der Waals surface area contributed by atoms with Gasteiger partial charge < -0.3 is 0 Å². The van der Waals surface area contributed by atoms with Crippen LogP contribution >= 0.6 is 11.8 Å². The Morgan fingerprint density at radius 1 is 1.41 bits per heavy atom. The average molecular weight is 249 g/mol. The minimum absolute atomic E-state index is 0.188. The molecule has 2 nitrogen and oxygen atoms in total. The van der Waals surface area contributed by atoms with Gasteiger partial charge in [-0.05, 0) is 43.4 Å². The fourth-order valence-corrected chi connectivity index (χ4v) is 2.97. The maximum Gasteiger partial charge on any atom is 0.235 e. The zero-order valence-corrected chi connectivity index (χ0v) is 10.1. The van der Waals surface area contributed by atoms with Crippen LogP contribution in [0.1, 0.15) is 31.2 Å². The topological polar surface area (TPSA) is 29.4 Å². The van der Waals surface area contributed by atoms with E-state index in [0.717, 1.165) is 18.4 Å². The predicted molar refractivity (Wildman–Crippen MR) is 64.3 cm³/mol. The van der Waals surface area contributed by atoms with Gasteiger partial charge in [0.05, 0.1) is 5.54 Å². The number of hydrogen-bond acceptors (Lipinski definition) is 3. The molecular formula is C13H12FNOS. The summed E-state index contributed by atoms with van der Waals surface area (Å²) in [5.74, 6) is -0.188. The van der Waals surface area contributed by atoms with Crippen molar-refractivity contribution in [3.8, 4) is 0 Å². The van der Waals surface area contributed by atoms with E-state index in [-0.39, 0.29) is 5.82 Å². The Bertz CT molecular complexity index is 502. The first-order valence-corrected chi connectivity index (χ1v) is 6.67. The van der Waals surface area contributed by atoms with Crippen molar-refractivity contribution in [1.29, 1.82) is 0 Å². The molecule has 0 atom stereocenters. The van der Waals surface area contributed by atoms with Gasteiger partial charge in [0, 0.05) is 10.1 Å². The quantitative estimate of drug-likeness (QED) is 0.604. The van der Waals surface area contributed by atoms with Crippen molar-refractivity contribution in [3.63, 3.8) is 0 Å². The summed E-state index contributed by atoms with van der Waals surface area (Å²) in [4.78, 5) is 14.9. The van der Waals surface area contributed by atoms with Crippen molar-refractivity contribution in [2.24, 2.45) is 4.99 Å². The van der Waals surface area contributed by atoms with Gasteiger partial charge in [0.25, 0.3) is 0 Å². The van der Waals surface area contributed by atoms with Crippen LogP contribution in [0.25, 0.3) is 0 Å². The normalized spacial score (nSPS) is 20.8. The second kappa shape index (κ2) is 3.97. The Balaban J connectivity index is 1.87. The summed E-state index contributed by atoms with van der Waals surface area (Å²) in [6.07, 6.45) is 5.60. The number of aliphatic imine (C=N–C) groups is 1. The first kappa shape index (κ1) is 11.0. The SMILES string of the molecule is O=C=NC1(c2ccc(SC3CC3)c(F)c2)CC1. The van der Waals surface area contributed by atoms with E-state index in [1.807, 2.05) is 12.1 Å². The van der Waals surface area contributed by atoms with E-state index in [2.05, 4.69) is 4.99 Å². The number of hydrogen-bond donors (Lipinski definition) is 0. The lowest BCUT2D eigenvalue weighted by Crippen LogP contribution is -2.03. The molecule has 0 radical (unpaired) electrons. The summed E-state index contributed by atoms with van der Waals surface area (Å²) in [5.41, 5.74) is 0.337. The van der Waals surface area contributed by atoms with Crippen LogP contribution in [0.4, 0.5) is 4.39 Å². The molecule has 0 bridgehead atoms. The highest BCUT2D eigenvalue weighted by Gasteiger charge is 2.45. The third-order valence-corrected chi connectivity index (χ3v) is 4.66. The standard InChI is InChI=1S/C13H12FNOS/c14-11-7-9(13(5-6-13)15-8-16)1-4-12(11)17-10-2-3-10/h1,4,7,10H,2-3,5-6H2. The number of rotatable bonds is 4. The van der Waals surface area contributed by atoms with Gasteiger partial charge >= 0.3 is 0 Å². The Morgan fingerprint density at radius 2 is 2.18 bits per heavy atom. The van der Waals surface area contributed by atoms with E-state index < -0.39 is 5.54 Å². The largest absolute Gasteiger partial charge is 0.235 e. The summed E-state index contributed by atoms with van der Waals surface area (Å²) in [6, 6.07) is 5.23. The molecule has 1 aromatic carbocycles. The third kappa shape index (κ3) is 2.15. The van der Waals surface area contributed by atoms with E-state index in [1.165, 1.54) is 18.9 Å². The monoisotopic (exact) mass is 249 g/mol. The average Bonchev–Trinajstić information content (AvgIpc) is 3.17. The molecule has 0 aromatic heterocycles. The summed E-state index contributed by atoms with van der Waals surface area (Å²) >= 11 is 1.61. The molecule has 3 rings (SSSR count). The van der Waals surface area contributed by atoms with Gasteiger partial charge in [-0.3, -0.25) is 0 Å².